The van der Waals surface area contributed by atoms with E-state index >= 15 is 0 Å². The minimum atomic E-state index is -4.19. The average Bonchev–Trinajstić information content (AvgIpc) is 2.35. The summed E-state index contributed by atoms with van der Waals surface area (Å²) in [7, 11) is 4.34. The van der Waals surface area contributed by atoms with Crippen LogP contribution in [-0.2, 0) is 0 Å². The van der Waals surface area contributed by atoms with Gasteiger partial charge in [0.05, 0.1) is 27.8 Å². The fourth-order valence-corrected chi connectivity index (χ4v) is 1.53. The fraction of sp³-hybridized carbons (Fsp3) is 0.500. The van der Waals surface area contributed by atoms with Crippen LogP contribution < -0.4 is 19.5 Å². The summed E-state index contributed by atoms with van der Waals surface area (Å²) in [6, 6.07) is 3.11. The van der Waals surface area contributed by atoms with Crippen molar-refractivity contribution in [3.8, 4) is 17.2 Å². The Bertz CT molecular complexity index is 396. The quantitative estimate of drug-likeness (QED) is 0.868. The predicted molar refractivity (Wildman–Crippen MR) is 65.3 cm³/mol. The van der Waals surface area contributed by atoms with Gasteiger partial charge in [-0.05, 0) is 0 Å². The Labute approximate surface area is 109 Å². The number of hydrogen-bond acceptors (Lipinski definition) is 4. The van der Waals surface area contributed by atoms with Gasteiger partial charge in [-0.3, -0.25) is 0 Å². The van der Waals surface area contributed by atoms with Crippen LogP contribution in [0.4, 0.5) is 18.9 Å². The van der Waals surface area contributed by atoms with Crippen molar-refractivity contribution >= 4 is 5.69 Å². The Morgan fingerprint density at radius 3 is 1.89 bits per heavy atom. The summed E-state index contributed by atoms with van der Waals surface area (Å²) < 4.78 is 51.5. The van der Waals surface area contributed by atoms with E-state index in [1.165, 1.54) is 21.3 Å². The molecule has 0 aliphatic rings. The van der Waals surface area contributed by atoms with Crippen molar-refractivity contribution < 1.29 is 27.4 Å². The van der Waals surface area contributed by atoms with E-state index in [4.69, 9.17) is 14.2 Å². The molecule has 0 atom stereocenters. The van der Waals surface area contributed by atoms with E-state index < -0.39 is 12.6 Å². The van der Waals surface area contributed by atoms with Crippen LogP contribution >= 0.6 is 0 Å². The summed E-state index contributed by atoms with van der Waals surface area (Å²) in [6.45, 7) is -0.220. The lowest BCUT2D eigenvalue weighted by molar-refractivity contribution is -0.131. The van der Waals surface area contributed by atoms with E-state index in [1.54, 1.807) is 12.1 Å². The van der Waals surface area contributed by atoms with Gasteiger partial charge in [-0.2, -0.15) is 13.2 Å². The first kappa shape index (κ1) is 15.3. The van der Waals surface area contributed by atoms with Gasteiger partial charge >= 0.3 is 6.18 Å². The summed E-state index contributed by atoms with van der Waals surface area (Å²) in [5.41, 5.74) is 0.471. The van der Waals surface area contributed by atoms with Crippen molar-refractivity contribution in [3.05, 3.63) is 12.1 Å². The van der Waals surface area contributed by atoms with E-state index in [9.17, 15) is 13.2 Å². The summed E-state index contributed by atoms with van der Waals surface area (Å²) in [6.07, 6.45) is -5.10. The molecule has 0 amide bonds. The zero-order valence-corrected chi connectivity index (χ0v) is 10.9. The van der Waals surface area contributed by atoms with Crippen LogP contribution in [-0.4, -0.2) is 34.1 Å². The molecule has 1 aromatic carbocycles. The van der Waals surface area contributed by atoms with Crippen LogP contribution in [0.5, 0.6) is 17.2 Å². The minimum Gasteiger partial charge on any atom is -0.493 e. The second-order valence-corrected chi connectivity index (χ2v) is 3.71. The molecule has 19 heavy (non-hydrogen) atoms. The number of methoxy groups -OCH3 is 3. The third-order valence-corrected chi connectivity index (χ3v) is 2.40. The maximum absolute atomic E-state index is 12.1. The Kier molecular flexibility index (Phi) is 5.14. The molecule has 1 aromatic rings. The Morgan fingerprint density at radius 2 is 1.53 bits per heavy atom. The van der Waals surface area contributed by atoms with Crippen LogP contribution in [0.2, 0.25) is 0 Å². The molecular formula is C12H16F3NO3. The first-order chi connectivity index (χ1) is 8.91. The van der Waals surface area contributed by atoms with Crippen molar-refractivity contribution in [2.45, 2.75) is 12.6 Å². The zero-order valence-electron chi connectivity index (χ0n) is 10.9. The van der Waals surface area contributed by atoms with Gasteiger partial charge in [-0.1, -0.05) is 0 Å². The second kappa shape index (κ2) is 6.40. The van der Waals surface area contributed by atoms with Crippen LogP contribution in [0.25, 0.3) is 0 Å². The Hall–Kier alpha value is -1.79. The summed E-state index contributed by atoms with van der Waals surface area (Å²) in [5.74, 6) is 1.17. The van der Waals surface area contributed by atoms with Crippen molar-refractivity contribution in [1.82, 2.24) is 0 Å². The highest BCUT2D eigenvalue weighted by Crippen LogP contribution is 2.39. The molecule has 0 aliphatic carbocycles. The number of alkyl halides is 3. The van der Waals surface area contributed by atoms with E-state index in [0.29, 0.717) is 22.9 Å². The molecule has 0 bridgehead atoms. The van der Waals surface area contributed by atoms with Gasteiger partial charge in [0.15, 0.2) is 11.5 Å². The van der Waals surface area contributed by atoms with Gasteiger partial charge in [0.25, 0.3) is 0 Å². The van der Waals surface area contributed by atoms with E-state index in [2.05, 4.69) is 5.32 Å². The summed E-state index contributed by atoms with van der Waals surface area (Å²) in [5, 5.41) is 2.67. The lowest BCUT2D eigenvalue weighted by Gasteiger charge is -2.15. The number of ether oxygens (including phenoxy) is 3. The Morgan fingerprint density at radius 1 is 1.00 bits per heavy atom. The first-order valence-corrected chi connectivity index (χ1v) is 5.52. The van der Waals surface area contributed by atoms with Gasteiger partial charge in [0.2, 0.25) is 5.75 Å². The van der Waals surface area contributed by atoms with Crippen LogP contribution in [0.15, 0.2) is 12.1 Å². The van der Waals surface area contributed by atoms with Crippen molar-refractivity contribution in [2.75, 3.05) is 33.2 Å². The molecule has 0 fully saturated rings. The molecule has 0 unspecified atom stereocenters. The molecule has 4 nitrogen and oxygen atoms in total. The van der Waals surface area contributed by atoms with Crippen molar-refractivity contribution in [2.24, 2.45) is 0 Å². The van der Waals surface area contributed by atoms with Gasteiger partial charge in [-0.15, -0.1) is 0 Å². The molecular weight excluding hydrogens is 263 g/mol. The molecule has 0 saturated carbocycles. The van der Waals surface area contributed by atoms with Gasteiger partial charge in [-0.25, -0.2) is 0 Å². The standard InChI is InChI=1S/C12H16F3NO3/c1-17-9-6-8(16-5-4-12(13,14)15)7-10(18-2)11(9)19-3/h6-7,16H,4-5H2,1-3H3. The molecule has 0 aromatic heterocycles. The second-order valence-electron chi connectivity index (χ2n) is 3.71. The molecule has 1 N–H and O–H groups in total. The molecule has 0 spiro atoms. The van der Waals surface area contributed by atoms with E-state index in [-0.39, 0.29) is 6.54 Å². The fourth-order valence-electron chi connectivity index (χ4n) is 1.53. The summed E-state index contributed by atoms with van der Waals surface area (Å²) >= 11 is 0. The molecule has 0 radical (unpaired) electrons. The topological polar surface area (TPSA) is 39.7 Å². The smallest absolute Gasteiger partial charge is 0.390 e. The molecule has 7 heteroatoms. The number of rotatable bonds is 6. The molecule has 1 rings (SSSR count). The normalized spacial score (nSPS) is 11.1. The number of benzene rings is 1. The molecule has 0 saturated heterocycles. The highest BCUT2D eigenvalue weighted by atomic mass is 19.4. The highest BCUT2D eigenvalue weighted by molar-refractivity contribution is 5.62. The van der Waals surface area contributed by atoms with E-state index in [1.807, 2.05) is 0 Å². The number of anilines is 1. The molecule has 0 aliphatic heterocycles. The third kappa shape index (κ3) is 4.42. The lowest BCUT2D eigenvalue weighted by atomic mass is 10.2. The van der Waals surface area contributed by atoms with E-state index in [0.717, 1.165) is 0 Å². The van der Waals surface area contributed by atoms with Crippen molar-refractivity contribution in [1.29, 1.82) is 0 Å². The number of halogens is 3. The van der Waals surface area contributed by atoms with Crippen LogP contribution in [0, 0.1) is 0 Å². The maximum Gasteiger partial charge on any atom is 0.390 e. The van der Waals surface area contributed by atoms with Crippen LogP contribution in [0.1, 0.15) is 6.42 Å². The zero-order chi connectivity index (χ0) is 14.5. The first-order valence-electron chi connectivity index (χ1n) is 5.52. The van der Waals surface area contributed by atoms with Gasteiger partial charge in [0.1, 0.15) is 0 Å². The summed E-state index contributed by atoms with van der Waals surface area (Å²) in [4.78, 5) is 0. The van der Waals surface area contributed by atoms with Crippen LogP contribution in [0.3, 0.4) is 0 Å². The average molecular weight is 279 g/mol. The monoisotopic (exact) mass is 279 g/mol. The minimum absolute atomic E-state index is 0.220. The largest absolute Gasteiger partial charge is 0.493 e. The van der Waals surface area contributed by atoms with Gasteiger partial charge < -0.3 is 19.5 Å². The van der Waals surface area contributed by atoms with Gasteiger partial charge in [0, 0.05) is 24.4 Å². The predicted octanol–water partition coefficient (Wildman–Crippen LogP) is 3.08. The van der Waals surface area contributed by atoms with Crippen molar-refractivity contribution in [3.63, 3.8) is 0 Å². The number of hydrogen-bond donors (Lipinski definition) is 1. The maximum atomic E-state index is 12.1. The molecule has 108 valence electrons. The number of nitrogens with one attached hydrogen (secondary N) is 1. The SMILES string of the molecule is COc1cc(NCCC(F)(F)F)cc(OC)c1OC. The highest BCUT2D eigenvalue weighted by Gasteiger charge is 2.26. The third-order valence-electron chi connectivity index (χ3n) is 2.40. The molecule has 0 heterocycles. The Balaban J connectivity index is 2.85. The lowest BCUT2D eigenvalue weighted by Crippen LogP contribution is -2.14.